The van der Waals surface area contributed by atoms with Gasteiger partial charge in [0.1, 0.15) is 18.1 Å². The number of aromatic nitrogens is 2. The summed E-state index contributed by atoms with van der Waals surface area (Å²) in [5, 5.41) is 7.86. The summed E-state index contributed by atoms with van der Waals surface area (Å²) in [6.07, 6.45) is 4.26. The number of nitrogens with zero attached hydrogens (tertiary/aromatic N) is 3. The fourth-order valence-corrected chi connectivity index (χ4v) is 4.92. The molecular formula is C29H37ClN5O4P. The van der Waals surface area contributed by atoms with E-state index in [4.69, 9.17) is 25.8 Å². The van der Waals surface area contributed by atoms with Crippen molar-refractivity contribution < 1.29 is 19.0 Å². The van der Waals surface area contributed by atoms with Crippen LogP contribution in [-0.2, 0) is 22.4 Å². The van der Waals surface area contributed by atoms with E-state index in [1.54, 1.807) is 32.5 Å². The molecule has 1 aromatic heterocycles. The number of halogens is 1. The molecule has 0 spiro atoms. The average Bonchev–Trinajstić information content (AvgIpc) is 2.96. The summed E-state index contributed by atoms with van der Waals surface area (Å²) >= 11 is 6.46. The minimum Gasteiger partial charge on any atom is -0.494 e. The Morgan fingerprint density at radius 3 is 2.60 bits per heavy atom. The van der Waals surface area contributed by atoms with Crippen LogP contribution in [0.5, 0.6) is 11.5 Å². The number of methoxy groups -OCH3 is 2. The summed E-state index contributed by atoms with van der Waals surface area (Å²) in [5.41, 5.74) is 3.00. The largest absolute Gasteiger partial charge is 0.494 e. The highest BCUT2D eigenvalue weighted by Crippen LogP contribution is 2.38. The van der Waals surface area contributed by atoms with Gasteiger partial charge in [0.2, 0.25) is 11.9 Å². The van der Waals surface area contributed by atoms with Crippen LogP contribution in [0, 0.1) is 0 Å². The molecule has 0 radical (unpaired) electrons. The van der Waals surface area contributed by atoms with Gasteiger partial charge in [-0.3, -0.25) is 4.79 Å². The van der Waals surface area contributed by atoms with Crippen LogP contribution < -0.4 is 25.4 Å². The predicted molar refractivity (Wildman–Crippen MR) is 165 cm³/mol. The van der Waals surface area contributed by atoms with Gasteiger partial charge in [-0.2, -0.15) is 0 Å². The Kier molecular flexibility index (Phi) is 12.2. The second kappa shape index (κ2) is 15.5. The average molecular weight is 586 g/mol. The maximum absolute atomic E-state index is 12.2. The molecule has 3 aromatic rings. The number of hydrogen-bond acceptors (Lipinski definition) is 8. The third kappa shape index (κ3) is 8.63. The van der Waals surface area contributed by atoms with E-state index in [1.807, 2.05) is 25.1 Å². The first kappa shape index (κ1) is 31.3. The van der Waals surface area contributed by atoms with Crippen LogP contribution in [-0.4, -0.2) is 75.0 Å². The molecule has 0 saturated heterocycles. The summed E-state index contributed by atoms with van der Waals surface area (Å²) in [5.74, 6) is 0.900. The van der Waals surface area contributed by atoms with E-state index in [9.17, 15) is 4.79 Å². The Hall–Kier alpha value is -3.23. The third-order valence-corrected chi connectivity index (χ3v) is 7.59. The van der Waals surface area contributed by atoms with E-state index in [-0.39, 0.29) is 11.9 Å². The smallest absolute Gasteiger partial charge is 0.247 e. The number of amides is 1. The number of anilines is 3. The molecule has 0 fully saturated rings. The fraction of sp³-hybridized carbons (Fsp3) is 0.345. The van der Waals surface area contributed by atoms with Crippen molar-refractivity contribution in [3.8, 4) is 11.5 Å². The van der Waals surface area contributed by atoms with Crippen molar-refractivity contribution in [2.45, 2.75) is 18.9 Å². The second-order valence-corrected chi connectivity index (χ2v) is 10.6. The number of aryl methyl sites for hydroxylation is 2. The van der Waals surface area contributed by atoms with Crippen molar-refractivity contribution in [2.75, 3.05) is 58.8 Å². The summed E-state index contributed by atoms with van der Waals surface area (Å²) < 4.78 is 17.1. The van der Waals surface area contributed by atoms with E-state index in [2.05, 4.69) is 52.0 Å². The molecule has 40 heavy (non-hydrogen) atoms. The molecule has 3 rings (SSSR count). The molecular weight excluding hydrogens is 549 g/mol. The number of nitrogens with one attached hydrogen (secondary N) is 2. The molecule has 0 bridgehead atoms. The molecule has 0 aliphatic heterocycles. The van der Waals surface area contributed by atoms with Crippen molar-refractivity contribution in [1.82, 2.24) is 14.9 Å². The zero-order chi connectivity index (χ0) is 29.1. The lowest BCUT2D eigenvalue weighted by Gasteiger charge is -2.24. The highest BCUT2D eigenvalue weighted by atomic mass is 35.5. The molecule has 11 heteroatoms. The molecule has 1 heterocycles. The summed E-state index contributed by atoms with van der Waals surface area (Å²) in [4.78, 5) is 23.3. The monoisotopic (exact) mass is 585 g/mol. The van der Waals surface area contributed by atoms with E-state index in [0.717, 1.165) is 12.1 Å². The molecule has 214 valence electrons. The van der Waals surface area contributed by atoms with E-state index in [1.165, 1.54) is 16.9 Å². The number of carbonyl (C=O) groups excluding carboxylic acids is 1. The Bertz CT molecular complexity index is 1310. The minimum absolute atomic E-state index is 0.00222. The lowest BCUT2D eigenvalue weighted by Crippen LogP contribution is -2.37. The molecule has 2 atom stereocenters. The van der Waals surface area contributed by atoms with Crippen molar-refractivity contribution >= 4 is 48.7 Å². The third-order valence-electron chi connectivity index (χ3n) is 6.25. The van der Waals surface area contributed by atoms with Crippen LogP contribution in [0.4, 0.5) is 17.3 Å². The number of carbonyl (C=O) groups is 1. The second-order valence-electron chi connectivity index (χ2n) is 9.15. The predicted octanol–water partition coefficient (Wildman–Crippen LogP) is 4.68. The first-order valence-electron chi connectivity index (χ1n) is 12.8. The van der Waals surface area contributed by atoms with Gasteiger partial charge in [0.05, 0.1) is 48.0 Å². The molecule has 9 nitrogen and oxygen atoms in total. The quantitative estimate of drug-likeness (QED) is 0.196. The first-order valence-corrected chi connectivity index (χ1v) is 14.6. The first-order chi connectivity index (χ1) is 19.3. The lowest BCUT2D eigenvalue weighted by atomic mass is 10.1. The standard InChI is InChI=1S/C29H37ClN5O4P/c1-7-28(36)32-24-14-23(25(38-5)15-26(24)39-18-20(17-37-4)35(2)3)34-29-31-16-21(30)22(33-29)13-12-19-10-8-9-11-27(19)40-6/h7-11,14-16,20,40H,1,12-13,17-18H2,2-6H3,(H,32,36)(H,31,33,34). The fourth-order valence-electron chi connectivity index (χ4n) is 3.95. The van der Waals surface area contributed by atoms with Crippen LogP contribution in [0.1, 0.15) is 11.3 Å². The van der Waals surface area contributed by atoms with Gasteiger partial charge in [0, 0.05) is 13.2 Å². The van der Waals surface area contributed by atoms with Crippen molar-refractivity contribution in [1.29, 1.82) is 0 Å². The molecule has 2 aromatic carbocycles. The van der Waals surface area contributed by atoms with Crippen LogP contribution in [0.2, 0.25) is 5.02 Å². The maximum atomic E-state index is 12.2. The minimum atomic E-state index is -0.375. The van der Waals surface area contributed by atoms with E-state index >= 15 is 0 Å². The van der Waals surface area contributed by atoms with Crippen LogP contribution in [0.25, 0.3) is 0 Å². The van der Waals surface area contributed by atoms with E-state index in [0.29, 0.717) is 62.1 Å². The number of ether oxygens (including phenoxy) is 3. The van der Waals surface area contributed by atoms with Gasteiger partial charge < -0.3 is 29.7 Å². The summed E-state index contributed by atoms with van der Waals surface area (Å²) in [7, 11) is 7.81. The van der Waals surface area contributed by atoms with Gasteiger partial charge in [-0.15, -0.1) is 0 Å². The molecule has 2 N–H and O–H groups in total. The molecule has 0 saturated carbocycles. The SMILES string of the molecule is C=CC(=O)Nc1cc(Nc2ncc(Cl)c(CCc3ccccc3PC)n2)c(OC)cc1OCC(COC)N(C)C. The maximum Gasteiger partial charge on any atom is 0.247 e. The number of rotatable bonds is 15. The topological polar surface area (TPSA) is 97.8 Å². The van der Waals surface area contributed by atoms with Crippen molar-refractivity contribution in [2.24, 2.45) is 0 Å². The van der Waals surface area contributed by atoms with Crippen molar-refractivity contribution in [3.05, 3.63) is 71.5 Å². The zero-order valence-corrected chi connectivity index (χ0v) is 25.3. The van der Waals surface area contributed by atoms with Crippen LogP contribution >= 0.6 is 20.2 Å². The van der Waals surface area contributed by atoms with Gasteiger partial charge >= 0.3 is 0 Å². The Labute approximate surface area is 243 Å². The normalized spacial score (nSPS) is 12.0. The molecule has 1 amide bonds. The Morgan fingerprint density at radius 2 is 1.93 bits per heavy atom. The van der Waals surface area contributed by atoms with E-state index < -0.39 is 0 Å². The number of likely N-dealkylation sites (N-methyl/N-ethyl adjacent to an activating group) is 1. The highest BCUT2D eigenvalue weighted by molar-refractivity contribution is 7.46. The Morgan fingerprint density at radius 1 is 1.15 bits per heavy atom. The molecule has 0 aliphatic carbocycles. The summed E-state index contributed by atoms with van der Waals surface area (Å²) in [6, 6.07) is 11.8. The highest BCUT2D eigenvalue weighted by Gasteiger charge is 2.18. The number of benzene rings is 2. The molecule has 0 aliphatic rings. The van der Waals surface area contributed by atoms with Crippen LogP contribution in [0.15, 0.2) is 55.3 Å². The molecule has 2 unspecified atom stereocenters. The Balaban J connectivity index is 1.87. The zero-order valence-electron chi connectivity index (χ0n) is 23.6. The van der Waals surface area contributed by atoms with Gasteiger partial charge in [0.25, 0.3) is 0 Å². The van der Waals surface area contributed by atoms with Gasteiger partial charge in [-0.1, -0.05) is 51.0 Å². The van der Waals surface area contributed by atoms with Gasteiger partial charge in [0.15, 0.2) is 0 Å². The van der Waals surface area contributed by atoms with Gasteiger partial charge in [-0.25, -0.2) is 9.97 Å². The van der Waals surface area contributed by atoms with Gasteiger partial charge in [-0.05, 0) is 56.6 Å². The summed E-state index contributed by atoms with van der Waals surface area (Å²) in [6.45, 7) is 6.54. The van der Waals surface area contributed by atoms with Crippen molar-refractivity contribution in [3.63, 3.8) is 0 Å². The van der Waals surface area contributed by atoms with Crippen LogP contribution in [0.3, 0.4) is 0 Å². The lowest BCUT2D eigenvalue weighted by molar-refractivity contribution is -0.111. The number of hydrogen-bond donors (Lipinski definition) is 2.